The van der Waals surface area contributed by atoms with Crippen molar-refractivity contribution in [3.8, 4) is 5.75 Å². The number of ether oxygens (including phenoxy) is 1. The van der Waals surface area contributed by atoms with Crippen LogP contribution in [0.1, 0.15) is 25.7 Å². The van der Waals surface area contributed by atoms with E-state index >= 15 is 0 Å². The van der Waals surface area contributed by atoms with Gasteiger partial charge in [0.25, 0.3) is 0 Å². The van der Waals surface area contributed by atoms with Crippen molar-refractivity contribution in [1.29, 1.82) is 0 Å². The molecule has 28 heavy (non-hydrogen) atoms. The van der Waals surface area contributed by atoms with Gasteiger partial charge in [-0.05, 0) is 67.6 Å². The summed E-state index contributed by atoms with van der Waals surface area (Å²) in [6, 6.07) is 14.7. The lowest BCUT2D eigenvalue weighted by atomic mass is 9.98. The zero-order chi connectivity index (χ0) is 19.2. The number of carbonyl (C=O) groups excluding carboxylic acids is 1. The van der Waals surface area contributed by atoms with E-state index in [4.69, 9.17) is 4.74 Å². The molecule has 2 aromatic rings. The lowest BCUT2D eigenvalue weighted by molar-refractivity contribution is -0.123. The number of nitrogens with zero attached hydrogens (tertiary/aromatic N) is 1. The number of benzene rings is 2. The second kappa shape index (κ2) is 9.39. The third-order valence-corrected chi connectivity index (χ3v) is 5.94. The second-order valence-corrected chi connectivity index (χ2v) is 8.06. The number of nitrogens with one attached hydrogen (secondary N) is 2. The maximum atomic E-state index is 12.2. The van der Waals surface area contributed by atoms with Gasteiger partial charge in [-0.1, -0.05) is 30.3 Å². The number of likely N-dealkylation sites (tertiary alicyclic amines) is 1. The third-order valence-electron chi connectivity index (χ3n) is 5.94. The fourth-order valence-electron chi connectivity index (χ4n) is 4.35. The van der Waals surface area contributed by atoms with E-state index in [0.717, 1.165) is 51.3 Å². The SMILES string of the molecule is O=C(NCC1CCCN(CCOc2ccc3ccccc3c2)C1)C1CCCN1. The van der Waals surface area contributed by atoms with Gasteiger partial charge in [-0.15, -0.1) is 0 Å². The molecule has 0 spiro atoms. The van der Waals surface area contributed by atoms with Crippen molar-refractivity contribution in [2.24, 2.45) is 5.92 Å². The van der Waals surface area contributed by atoms with Gasteiger partial charge in [0.1, 0.15) is 12.4 Å². The monoisotopic (exact) mass is 381 g/mol. The normalized spacial score (nSPS) is 23.0. The summed E-state index contributed by atoms with van der Waals surface area (Å²) in [7, 11) is 0. The average Bonchev–Trinajstić information content (AvgIpc) is 3.27. The van der Waals surface area contributed by atoms with Gasteiger partial charge in [0.15, 0.2) is 0 Å². The summed E-state index contributed by atoms with van der Waals surface area (Å²) in [6.45, 7) is 5.55. The summed E-state index contributed by atoms with van der Waals surface area (Å²) in [5.41, 5.74) is 0. The Kier molecular flexibility index (Phi) is 6.45. The summed E-state index contributed by atoms with van der Waals surface area (Å²) in [5, 5.41) is 8.88. The van der Waals surface area contributed by atoms with Crippen molar-refractivity contribution in [3.05, 3.63) is 42.5 Å². The predicted octanol–water partition coefficient (Wildman–Crippen LogP) is 2.80. The zero-order valence-corrected chi connectivity index (χ0v) is 16.5. The van der Waals surface area contributed by atoms with E-state index in [-0.39, 0.29) is 11.9 Å². The molecule has 2 heterocycles. The molecule has 0 bridgehead atoms. The molecule has 150 valence electrons. The Labute approximate surface area is 167 Å². The molecular formula is C23H31N3O2. The standard InChI is InChI=1S/C23H31N3O2/c27-23(22-8-3-11-24-22)25-16-18-5-4-12-26(17-18)13-14-28-21-10-9-19-6-1-2-7-20(19)15-21/h1-2,6-7,9-10,15,18,22,24H,3-5,8,11-14,16-17H2,(H,25,27). The molecule has 2 aliphatic rings. The highest BCUT2D eigenvalue weighted by molar-refractivity contribution is 5.83. The van der Waals surface area contributed by atoms with E-state index < -0.39 is 0 Å². The second-order valence-electron chi connectivity index (χ2n) is 8.06. The molecule has 2 aromatic carbocycles. The van der Waals surface area contributed by atoms with Crippen molar-refractivity contribution >= 4 is 16.7 Å². The van der Waals surface area contributed by atoms with E-state index in [0.29, 0.717) is 12.5 Å². The van der Waals surface area contributed by atoms with Crippen LogP contribution >= 0.6 is 0 Å². The average molecular weight is 382 g/mol. The molecule has 2 atom stereocenters. The molecular weight excluding hydrogens is 350 g/mol. The van der Waals surface area contributed by atoms with E-state index in [2.05, 4.69) is 51.9 Å². The number of fused-ring (bicyclic) bond motifs is 1. The first-order valence-corrected chi connectivity index (χ1v) is 10.6. The number of amides is 1. The van der Waals surface area contributed by atoms with Crippen LogP contribution in [0.3, 0.4) is 0 Å². The third kappa shape index (κ3) is 5.03. The first-order chi connectivity index (χ1) is 13.8. The Morgan fingerprint density at radius 2 is 2.04 bits per heavy atom. The highest BCUT2D eigenvalue weighted by atomic mass is 16.5. The molecule has 0 aliphatic carbocycles. The van der Waals surface area contributed by atoms with E-state index in [1.807, 2.05) is 6.07 Å². The minimum Gasteiger partial charge on any atom is -0.492 e. The Morgan fingerprint density at radius 1 is 1.14 bits per heavy atom. The van der Waals surface area contributed by atoms with Gasteiger partial charge in [0, 0.05) is 19.6 Å². The van der Waals surface area contributed by atoms with Crippen molar-refractivity contribution in [2.45, 2.75) is 31.7 Å². The maximum Gasteiger partial charge on any atom is 0.237 e. The number of hydrogen-bond acceptors (Lipinski definition) is 4. The van der Waals surface area contributed by atoms with Gasteiger partial charge in [-0.3, -0.25) is 9.69 Å². The minimum absolute atomic E-state index is 0.0232. The quantitative estimate of drug-likeness (QED) is 0.774. The molecule has 5 nitrogen and oxygen atoms in total. The molecule has 5 heteroatoms. The Hall–Kier alpha value is -2.11. The molecule has 0 aromatic heterocycles. The molecule has 0 saturated carbocycles. The summed E-state index contributed by atoms with van der Waals surface area (Å²) in [6.07, 6.45) is 4.46. The van der Waals surface area contributed by atoms with Gasteiger partial charge < -0.3 is 15.4 Å². The van der Waals surface area contributed by atoms with Gasteiger partial charge >= 0.3 is 0 Å². The maximum absolute atomic E-state index is 12.2. The van der Waals surface area contributed by atoms with E-state index in [1.54, 1.807) is 0 Å². The van der Waals surface area contributed by atoms with Crippen LogP contribution in [0, 0.1) is 5.92 Å². The molecule has 1 amide bonds. The van der Waals surface area contributed by atoms with Crippen LogP contribution in [0.15, 0.2) is 42.5 Å². The van der Waals surface area contributed by atoms with Crippen LogP contribution < -0.4 is 15.4 Å². The molecule has 2 aliphatic heterocycles. The summed E-state index contributed by atoms with van der Waals surface area (Å²) >= 11 is 0. The van der Waals surface area contributed by atoms with Gasteiger partial charge in [0.05, 0.1) is 6.04 Å². The van der Waals surface area contributed by atoms with Crippen molar-refractivity contribution in [3.63, 3.8) is 0 Å². The summed E-state index contributed by atoms with van der Waals surface area (Å²) < 4.78 is 6.00. The topological polar surface area (TPSA) is 53.6 Å². The highest BCUT2D eigenvalue weighted by Crippen LogP contribution is 2.21. The van der Waals surface area contributed by atoms with Crippen molar-refractivity contribution < 1.29 is 9.53 Å². The van der Waals surface area contributed by atoms with Gasteiger partial charge in [-0.25, -0.2) is 0 Å². The fraction of sp³-hybridized carbons (Fsp3) is 0.522. The largest absolute Gasteiger partial charge is 0.492 e. The van der Waals surface area contributed by atoms with Crippen LogP contribution in [0.25, 0.3) is 10.8 Å². The molecule has 2 unspecified atom stereocenters. The van der Waals surface area contributed by atoms with Crippen LogP contribution in [0.4, 0.5) is 0 Å². The lowest BCUT2D eigenvalue weighted by Crippen LogP contribution is -2.46. The van der Waals surface area contributed by atoms with E-state index in [9.17, 15) is 4.79 Å². The Morgan fingerprint density at radius 3 is 2.89 bits per heavy atom. The van der Waals surface area contributed by atoms with Gasteiger partial charge in [-0.2, -0.15) is 0 Å². The van der Waals surface area contributed by atoms with Gasteiger partial charge in [0.2, 0.25) is 5.91 Å². The molecule has 2 fully saturated rings. The van der Waals surface area contributed by atoms with E-state index in [1.165, 1.54) is 23.6 Å². The molecule has 2 saturated heterocycles. The lowest BCUT2D eigenvalue weighted by Gasteiger charge is -2.32. The summed E-state index contributed by atoms with van der Waals surface area (Å²) in [4.78, 5) is 14.7. The minimum atomic E-state index is 0.0232. The van der Waals surface area contributed by atoms with Crippen LogP contribution in [0.5, 0.6) is 5.75 Å². The zero-order valence-electron chi connectivity index (χ0n) is 16.5. The number of rotatable bonds is 7. The first-order valence-electron chi connectivity index (χ1n) is 10.6. The number of carbonyl (C=O) groups is 1. The predicted molar refractivity (Wildman–Crippen MR) is 113 cm³/mol. The van der Waals surface area contributed by atoms with Crippen molar-refractivity contribution in [1.82, 2.24) is 15.5 Å². The number of piperidine rings is 1. The summed E-state index contributed by atoms with van der Waals surface area (Å²) in [5.74, 6) is 1.65. The Bertz CT molecular complexity index is 788. The fourth-order valence-corrected chi connectivity index (χ4v) is 4.35. The number of hydrogen-bond donors (Lipinski definition) is 2. The molecule has 0 radical (unpaired) electrons. The molecule has 4 rings (SSSR count). The van der Waals surface area contributed by atoms with Crippen LogP contribution in [-0.2, 0) is 4.79 Å². The van der Waals surface area contributed by atoms with Crippen LogP contribution in [-0.4, -0.2) is 56.2 Å². The Balaban J connectivity index is 1.19. The molecule has 2 N–H and O–H groups in total. The van der Waals surface area contributed by atoms with Crippen LogP contribution in [0.2, 0.25) is 0 Å². The highest BCUT2D eigenvalue weighted by Gasteiger charge is 2.24. The smallest absolute Gasteiger partial charge is 0.237 e. The van der Waals surface area contributed by atoms with Crippen molar-refractivity contribution in [2.75, 3.05) is 39.3 Å². The first kappa shape index (κ1) is 19.2.